The van der Waals surface area contributed by atoms with E-state index in [4.69, 9.17) is 4.42 Å². The van der Waals surface area contributed by atoms with Crippen LogP contribution in [0.1, 0.15) is 61.4 Å². The molecule has 0 unspecified atom stereocenters. The van der Waals surface area contributed by atoms with Crippen LogP contribution in [0.4, 0.5) is 0 Å². The number of furan rings is 1. The van der Waals surface area contributed by atoms with Gasteiger partial charge in [0.05, 0.1) is 5.56 Å². The highest BCUT2D eigenvalue weighted by Crippen LogP contribution is 2.52. The normalized spacial score (nSPS) is 14.2. The fraction of sp³-hybridized carbons (Fsp3) is 0.290. The average molecular weight is 448 g/mol. The van der Waals surface area contributed by atoms with Crippen molar-refractivity contribution in [2.45, 2.75) is 52.9 Å². The van der Waals surface area contributed by atoms with Crippen LogP contribution < -0.4 is 4.57 Å². The van der Waals surface area contributed by atoms with Crippen LogP contribution in [0.5, 0.6) is 0 Å². The second kappa shape index (κ2) is 7.02. The van der Waals surface area contributed by atoms with Crippen molar-refractivity contribution in [1.82, 2.24) is 4.98 Å². The SMILES string of the molecule is Cc1cc(-c2c(C)ccc3c2oc2c4c(ccc23)C(C)(C)c2ccncc2-4)[n+](C)cc1C(C)C. The van der Waals surface area contributed by atoms with Crippen molar-refractivity contribution in [2.75, 3.05) is 0 Å². The molecule has 0 fully saturated rings. The molecule has 170 valence electrons. The second-order valence-electron chi connectivity index (χ2n) is 10.7. The topological polar surface area (TPSA) is 29.9 Å². The third-order valence-electron chi connectivity index (χ3n) is 7.85. The van der Waals surface area contributed by atoms with Gasteiger partial charge >= 0.3 is 0 Å². The number of fused-ring (bicyclic) bond motifs is 7. The van der Waals surface area contributed by atoms with E-state index >= 15 is 0 Å². The van der Waals surface area contributed by atoms with E-state index in [0.29, 0.717) is 5.92 Å². The summed E-state index contributed by atoms with van der Waals surface area (Å²) in [6, 6.07) is 13.4. The third-order valence-corrected chi connectivity index (χ3v) is 7.85. The molecule has 5 aromatic rings. The predicted octanol–water partition coefficient (Wildman–Crippen LogP) is 7.52. The Morgan fingerprint density at radius 2 is 1.59 bits per heavy atom. The van der Waals surface area contributed by atoms with Gasteiger partial charge in [-0.3, -0.25) is 4.98 Å². The molecule has 0 radical (unpaired) electrons. The first-order valence-electron chi connectivity index (χ1n) is 12.1. The van der Waals surface area contributed by atoms with E-state index in [1.54, 1.807) is 0 Å². The summed E-state index contributed by atoms with van der Waals surface area (Å²) in [5, 5.41) is 2.33. The molecule has 0 saturated heterocycles. The van der Waals surface area contributed by atoms with E-state index in [-0.39, 0.29) is 5.41 Å². The van der Waals surface area contributed by atoms with Crippen molar-refractivity contribution >= 4 is 21.9 Å². The number of rotatable bonds is 2. The maximum absolute atomic E-state index is 6.84. The molecule has 1 aliphatic rings. The molecule has 0 N–H and O–H groups in total. The lowest BCUT2D eigenvalue weighted by molar-refractivity contribution is -0.660. The van der Waals surface area contributed by atoms with Gasteiger partial charge in [0, 0.05) is 51.3 Å². The number of benzene rings is 2. The molecular weight excluding hydrogens is 416 g/mol. The van der Waals surface area contributed by atoms with Crippen molar-refractivity contribution in [3.63, 3.8) is 0 Å². The van der Waals surface area contributed by atoms with Crippen molar-refractivity contribution in [3.8, 4) is 22.4 Å². The van der Waals surface area contributed by atoms with Crippen LogP contribution in [0.15, 0.2) is 59.4 Å². The number of pyridine rings is 2. The Balaban J connectivity index is 1.70. The quantitative estimate of drug-likeness (QED) is 0.262. The van der Waals surface area contributed by atoms with E-state index in [9.17, 15) is 0 Å². The zero-order chi connectivity index (χ0) is 23.9. The highest BCUT2D eigenvalue weighted by molar-refractivity contribution is 6.14. The van der Waals surface area contributed by atoms with Gasteiger partial charge in [-0.15, -0.1) is 0 Å². The highest BCUT2D eigenvalue weighted by Gasteiger charge is 2.38. The average Bonchev–Trinajstić information content (AvgIpc) is 3.28. The molecule has 0 saturated carbocycles. The van der Waals surface area contributed by atoms with Gasteiger partial charge in [0.2, 0.25) is 5.69 Å². The number of nitrogens with zero attached hydrogens (tertiary/aromatic N) is 2. The number of hydrogen-bond donors (Lipinski definition) is 0. The lowest BCUT2D eigenvalue weighted by Gasteiger charge is -2.20. The van der Waals surface area contributed by atoms with Gasteiger partial charge in [-0.1, -0.05) is 52.0 Å². The molecule has 34 heavy (non-hydrogen) atoms. The van der Waals surface area contributed by atoms with Crippen LogP contribution in [0, 0.1) is 13.8 Å². The minimum absolute atomic E-state index is 0.0737. The maximum Gasteiger partial charge on any atom is 0.216 e. The van der Waals surface area contributed by atoms with Crippen molar-refractivity contribution < 1.29 is 8.98 Å². The molecule has 3 nitrogen and oxygen atoms in total. The molecule has 3 heteroatoms. The largest absolute Gasteiger partial charge is 0.454 e. The minimum Gasteiger partial charge on any atom is -0.454 e. The monoisotopic (exact) mass is 447 g/mol. The highest BCUT2D eigenvalue weighted by atomic mass is 16.3. The van der Waals surface area contributed by atoms with Crippen LogP contribution in [0.25, 0.3) is 44.3 Å². The van der Waals surface area contributed by atoms with Crippen LogP contribution in [-0.2, 0) is 12.5 Å². The Morgan fingerprint density at radius 1 is 0.882 bits per heavy atom. The fourth-order valence-electron chi connectivity index (χ4n) is 6.02. The Labute approximate surface area is 201 Å². The van der Waals surface area contributed by atoms with Gasteiger partial charge in [-0.25, -0.2) is 4.57 Å². The number of aromatic nitrogens is 2. The van der Waals surface area contributed by atoms with E-state index in [1.165, 1.54) is 61.0 Å². The van der Waals surface area contributed by atoms with Gasteiger partial charge < -0.3 is 4.42 Å². The van der Waals surface area contributed by atoms with Gasteiger partial charge in [-0.2, -0.15) is 0 Å². The van der Waals surface area contributed by atoms with Gasteiger partial charge in [0.1, 0.15) is 18.2 Å². The molecule has 0 amide bonds. The summed E-state index contributed by atoms with van der Waals surface area (Å²) in [5.74, 6) is 0.489. The van der Waals surface area contributed by atoms with Gasteiger partial charge in [0.25, 0.3) is 0 Å². The summed E-state index contributed by atoms with van der Waals surface area (Å²) in [7, 11) is 2.14. The minimum atomic E-state index is -0.0737. The molecule has 0 aliphatic heterocycles. The second-order valence-corrected chi connectivity index (χ2v) is 10.7. The van der Waals surface area contributed by atoms with Crippen molar-refractivity contribution in [2.24, 2.45) is 7.05 Å². The standard InChI is InChI=1S/C31H31N2O/c1-17(2)23-16-33(7)26(14-19(23)4)27-18(3)8-9-20-21-10-11-25-28(30(21)34-29(20)27)22-15-32-13-12-24(22)31(25,5)6/h8-17H,1-7H3/q+1. The summed E-state index contributed by atoms with van der Waals surface area (Å²) in [4.78, 5) is 4.46. The van der Waals surface area contributed by atoms with E-state index in [2.05, 4.69) is 101 Å². The first-order chi connectivity index (χ1) is 16.2. The van der Waals surface area contributed by atoms with Crippen LogP contribution in [0.3, 0.4) is 0 Å². The Morgan fingerprint density at radius 3 is 2.32 bits per heavy atom. The van der Waals surface area contributed by atoms with E-state index in [0.717, 1.165) is 11.2 Å². The number of aryl methyl sites for hydroxylation is 3. The molecule has 0 bridgehead atoms. The zero-order valence-corrected chi connectivity index (χ0v) is 21.1. The summed E-state index contributed by atoms with van der Waals surface area (Å²) in [6.07, 6.45) is 6.17. The van der Waals surface area contributed by atoms with Crippen LogP contribution in [-0.4, -0.2) is 4.98 Å². The first-order valence-corrected chi connectivity index (χ1v) is 12.1. The molecule has 3 aromatic heterocycles. The van der Waals surface area contributed by atoms with Crippen LogP contribution in [0.2, 0.25) is 0 Å². The van der Waals surface area contributed by atoms with Crippen molar-refractivity contribution in [3.05, 3.63) is 82.8 Å². The lowest BCUT2D eigenvalue weighted by Crippen LogP contribution is -2.32. The summed E-state index contributed by atoms with van der Waals surface area (Å²) in [5.41, 5.74) is 13.1. The molecule has 0 spiro atoms. The Bertz CT molecular complexity index is 1640. The molecule has 0 atom stereocenters. The molecule has 2 aromatic carbocycles. The fourth-order valence-corrected chi connectivity index (χ4v) is 6.02. The maximum atomic E-state index is 6.84. The molecular formula is C31H31N2O+. The van der Waals surface area contributed by atoms with E-state index in [1.807, 2.05) is 12.4 Å². The van der Waals surface area contributed by atoms with E-state index < -0.39 is 0 Å². The summed E-state index contributed by atoms with van der Waals surface area (Å²) < 4.78 is 9.10. The van der Waals surface area contributed by atoms with Gasteiger partial charge in [0.15, 0.2) is 6.20 Å². The zero-order valence-electron chi connectivity index (χ0n) is 21.1. The number of hydrogen-bond acceptors (Lipinski definition) is 2. The van der Waals surface area contributed by atoms with Gasteiger partial charge in [-0.05, 0) is 48.1 Å². The van der Waals surface area contributed by atoms with Crippen molar-refractivity contribution in [1.29, 1.82) is 0 Å². The Hall–Kier alpha value is -3.46. The third kappa shape index (κ3) is 2.70. The smallest absolute Gasteiger partial charge is 0.216 e. The lowest BCUT2D eigenvalue weighted by atomic mass is 9.82. The first kappa shape index (κ1) is 21.1. The molecule has 6 rings (SSSR count). The molecule has 1 aliphatic carbocycles. The van der Waals surface area contributed by atoms with Crippen LogP contribution >= 0.6 is 0 Å². The summed E-state index contributed by atoms with van der Waals surface area (Å²) >= 11 is 0. The molecule has 3 heterocycles. The predicted molar refractivity (Wildman–Crippen MR) is 139 cm³/mol. The summed E-state index contributed by atoms with van der Waals surface area (Å²) in [6.45, 7) is 13.5. The Kier molecular flexibility index (Phi) is 4.36.